The number of rotatable bonds is 5. The fourth-order valence-electron chi connectivity index (χ4n) is 3.60. The van der Waals surface area contributed by atoms with E-state index in [2.05, 4.69) is 51.1 Å². The summed E-state index contributed by atoms with van der Waals surface area (Å²) in [6.07, 6.45) is 4.04. The molecule has 0 bridgehead atoms. The van der Waals surface area contributed by atoms with Crippen LogP contribution in [-0.4, -0.2) is 48.1 Å². The molecule has 1 N–H and O–H groups in total. The summed E-state index contributed by atoms with van der Waals surface area (Å²) in [5, 5.41) is 0. The van der Waals surface area contributed by atoms with Crippen molar-refractivity contribution >= 4 is 16.7 Å². The lowest BCUT2D eigenvalue weighted by Gasteiger charge is -2.29. The van der Waals surface area contributed by atoms with Crippen LogP contribution in [0, 0.1) is 5.82 Å². The van der Waals surface area contributed by atoms with Gasteiger partial charge in [0, 0.05) is 31.4 Å². The number of aromatic amines is 1. The van der Waals surface area contributed by atoms with E-state index in [4.69, 9.17) is 0 Å². The topological polar surface area (TPSA) is 35.2 Å². The molecule has 1 saturated heterocycles. The highest BCUT2D eigenvalue weighted by Crippen LogP contribution is 2.23. The first-order valence-electron chi connectivity index (χ1n) is 9.38. The number of H-pyrrole nitrogens is 1. The van der Waals surface area contributed by atoms with Crippen LogP contribution in [0.3, 0.4) is 0 Å². The molecule has 0 saturated carbocycles. The van der Waals surface area contributed by atoms with Crippen molar-refractivity contribution in [3.8, 4) is 11.4 Å². The molecular weight excluding hydrogens is 327 g/mol. The van der Waals surface area contributed by atoms with E-state index in [0.717, 1.165) is 35.5 Å². The molecule has 26 heavy (non-hydrogen) atoms. The standard InChI is InChI=1S/C21H25FN4/c1-25(13-14-26-11-3-2-4-12-26)18-8-5-16(6-9-18)21-23-19-10-7-17(22)15-20(19)24-21/h5-10,15H,2-4,11-14H2,1H3,(H,23,24). The van der Waals surface area contributed by atoms with E-state index in [1.807, 2.05) is 0 Å². The molecule has 1 aromatic heterocycles. The van der Waals surface area contributed by atoms with Gasteiger partial charge >= 0.3 is 0 Å². The van der Waals surface area contributed by atoms with Gasteiger partial charge < -0.3 is 14.8 Å². The van der Waals surface area contributed by atoms with E-state index in [1.165, 1.54) is 50.2 Å². The van der Waals surface area contributed by atoms with Crippen molar-refractivity contribution < 1.29 is 4.39 Å². The lowest BCUT2D eigenvalue weighted by Crippen LogP contribution is -2.36. The molecule has 0 spiro atoms. The summed E-state index contributed by atoms with van der Waals surface area (Å²) in [5.74, 6) is 0.520. The molecule has 3 aromatic rings. The van der Waals surface area contributed by atoms with E-state index in [-0.39, 0.29) is 5.82 Å². The quantitative estimate of drug-likeness (QED) is 0.744. The Bertz CT molecular complexity index is 865. The number of likely N-dealkylation sites (tertiary alicyclic amines) is 1. The Kier molecular flexibility index (Phi) is 4.89. The number of imidazole rings is 1. The molecule has 5 heteroatoms. The van der Waals surface area contributed by atoms with Gasteiger partial charge in [0.2, 0.25) is 0 Å². The zero-order valence-electron chi connectivity index (χ0n) is 15.2. The molecule has 4 nitrogen and oxygen atoms in total. The molecule has 1 aliphatic heterocycles. The van der Waals surface area contributed by atoms with Crippen LogP contribution in [0.4, 0.5) is 10.1 Å². The first-order valence-corrected chi connectivity index (χ1v) is 9.38. The summed E-state index contributed by atoms with van der Waals surface area (Å²) >= 11 is 0. The number of hydrogen-bond acceptors (Lipinski definition) is 3. The van der Waals surface area contributed by atoms with Gasteiger partial charge in [-0.25, -0.2) is 9.37 Å². The monoisotopic (exact) mass is 352 g/mol. The van der Waals surface area contributed by atoms with Crippen LogP contribution in [0.25, 0.3) is 22.4 Å². The summed E-state index contributed by atoms with van der Waals surface area (Å²) in [7, 11) is 2.14. The predicted octanol–water partition coefficient (Wildman–Crippen LogP) is 4.29. The van der Waals surface area contributed by atoms with Crippen LogP contribution >= 0.6 is 0 Å². The average Bonchev–Trinajstić information content (AvgIpc) is 3.10. The number of anilines is 1. The number of piperidine rings is 1. The average molecular weight is 352 g/mol. The summed E-state index contributed by atoms with van der Waals surface area (Å²) < 4.78 is 13.3. The van der Waals surface area contributed by atoms with Crippen molar-refractivity contribution in [3.63, 3.8) is 0 Å². The Hall–Kier alpha value is -2.40. The molecule has 0 unspecified atom stereocenters. The highest BCUT2D eigenvalue weighted by Gasteiger charge is 2.11. The van der Waals surface area contributed by atoms with Crippen molar-refractivity contribution in [2.75, 3.05) is 38.1 Å². The summed E-state index contributed by atoms with van der Waals surface area (Å²) in [6, 6.07) is 13.0. The minimum absolute atomic E-state index is 0.252. The third-order valence-electron chi connectivity index (χ3n) is 5.23. The molecule has 4 rings (SSSR count). The maximum atomic E-state index is 13.3. The van der Waals surface area contributed by atoms with Gasteiger partial charge in [0.05, 0.1) is 11.0 Å². The van der Waals surface area contributed by atoms with Gasteiger partial charge in [-0.1, -0.05) is 6.42 Å². The molecule has 1 fully saturated rings. The predicted molar refractivity (Wildman–Crippen MR) is 105 cm³/mol. The van der Waals surface area contributed by atoms with Gasteiger partial charge in [-0.3, -0.25) is 0 Å². The maximum Gasteiger partial charge on any atom is 0.138 e. The first kappa shape index (κ1) is 17.0. The van der Waals surface area contributed by atoms with Crippen LogP contribution in [-0.2, 0) is 0 Å². The fourth-order valence-corrected chi connectivity index (χ4v) is 3.60. The Balaban J connectivity index is 1.43. The molecule has 2 heterocycles. The Labute approximate surface area is 153 Å². The molecule has 1 aliphatic rings. The van der Waals surface area contributed by atoms with Crippen LogP contribution in [0.2, 0.25) is 0 Å². The zero-order valence-corrected chi connectivity index (χ0v) is 15.2. The van der Waals surface area contributed by atoms with Crippen molar-refractivity contribution in [1.29, 1.82) is 0 Å². The van der Waals surface area contributed by atoms with Crippen LogP contribution in [0.15, 0.2) is 42.5 Å². The maximum absolute atomic E-state index is 13.3. The van der Waals surface area contributed by atoms with E-state index < -0.39 is 0 Å². The second kappa shape index (κ2) is 7.46. The molecule has 0 atom stereocenters. The lowest BCUT2D eigenvalue weighted by molar-refractivity contribution is 0.234. The van der Waals surface area contributed by atoms with Crippen LogP contribution in [0.5, 0.6) is 0 Å². The number of hydrogen-bond donors (Lipinski definition) is 1. The number of likely N-dealkylation sites (N-methyl/N-ethyl adjacent to an activating group) is 1. The second-order valence-corrected chi connectivity index (χ2v) is 7.12. The minimum atomic E-state index is -0.252. The van der Waals surface area contributed by atoms with E-state index >= 15 is 0 Å². The molecule has 0 aliphatic carbocycles. The van der Waals surface area contributed by atoms with Crippen molar-refractivity contribution in [2.24, 2.45) is 0 Å². The SMILES string of the molecule is CN(CCN1CCCCC1)c1ccc(-c2nc3ccc(F)cc3[nH]2)cc1. The van der Waals surface area contributed by atoms with Gasteiger partial charge in [-0.15, -0.1) is 0 Å². The normalized spacial score (nSPS) is 15.5. The number of fused-ring (bicyclic) bond motifs is 1. The van der Waals surface area contributed by atoms with Crippen LogP contribution < -0.4 is 4.90 Å². The molecule has 0 amide bonds. The van der Waals surface area contributed by atoms with Gasteiger partial charge in [0.1, 0.15) is 11.6 Å². The molecule has 0 radical (unpaired) electrons. The van der Waals surface area contributed by atoms with E-state index in [0.29, 0.717) is 0 Å². The Morgan fingerprint density at radius 3 is 2.62 bits per heavy atom. The van der Waals surface area contributed by atoms with Gasteiger partial charge in [0.25, 0.3) is 0 Å². The minimum Gasteiger partial charge on any atom is -0.373 e. The Morgan fingerprint density at radius 2 is 1.85 bits per heavy atom. The number of benzene rings is 2. The van der Waals surface area contributed by atoms with E-state index in [9.17, 15) is 4.39 Å². The highest BCUT2D eigenvalue weighted by atomic mass is 19.1. The lowest BCUT2D eigenvalue weighted by atomic mass is 10.1. The third-order valence-corrected chi connectivity index (χ3v) is 5.23. The largest absolute Gasteiger partial charge is 0.373 e. The van der Waals surface area contributed by atoms with Crippen molar-refractivity contribution in [1.82, 2.24) is 14.9 Å². The number of nitrogens with one attached hydrogen (secondary N) is 1. The fraction of sp³-hybridized carbons (Fsp3) is 0.381. The van der Waals surface area contributed by atoms with Gasteiger partial charge in [0.15, 0.2) is 0 Å². The first-order chi connectivity index (χ1) is 12.7. The highest BCUT2D eigenvalue weighted by molar-refractivity contribution is 5.79. The summed E-state index contributed by atoms with van der Waals surface area (Å²) in [5.41, 5.74) is 3.72. The molecular formula is C21H25FN4. The summed E-state index contributed by atoms with van der Waals surface area (Å²) in [4.78, 5) is 12.6. The summed E-state index contributed by atoms with van der Waals surface area (Å²) in [6.45, 7) is 4.62. The number of nitrogens with zero attached hydrogens (tertiary/aromatic N) is 3. The van der Waals surface area contributed by atoms with Crippen molar-refractivity contribution in [3.05, 3.63) is 48.3 Å². The molecule has 136 valence electrons. The van der Waals surface area contributed by atoms with Crippen LogP contribution in [0.1, 0.15) is 19.3 Å². The third kappa shape index (κ3) is 3.73. The van der Waals surface area contributed by atoms with Gasteiger partial charge in [-0.2, -0.15) is 0 Å². The van der Waals surface area contributed by atoms with Crippen molar-refractivity contribution in [2.45, 2.75) is 19.3 Å². The number of halogens is 1. The molecule has 2 aromatic carbocycles. The smallest absolute Gasteiger partial charge is 0.138 e. The number of aromatic nitrogens is 2. The van der Waals surface area contributed by atoms with Gasteiger partial charge in [-0.05, 0) is 68.4 Å². The zero-order chi connectivity index (χ0) is 17.9. The second-order valence-electron chi connectivity index (χ2n) is 7.12. The Morgan fingerprint density at radius 1 is 1.08 bits per heavy atom. The van der Waals surface area contributed by atoms with E-state index in [1.54, 1.807) is 6.07 Å².